The number of halogens is 1. The molecule has 0 atom stereocenters. The summed E-state index contributed by atoms with van der Waals surface area (Å²) in [4.78, 5) is 4.13. The summed E-state index contributed by atoms with van der Waals surface area (Å²) in [6.07, 6.45) is 0. The van der Waals surface area contributed by atoms with Gasteiger partial charge in [-0.2, -0.15) is 0 Å². The van der Waals surface area contributed by atoms with Crippen molar-refractivity contribution in [1.82, 2.24) is 5.32 Å². The summed E-state index contributed by atoms with van der Waals surface area (Å²) in [6.45, 7) is 5.02. The highest BCUT2D eigenvalue weighted by Crippen LogP contribution is 2.15. The molecule has 0 radical (unpaired) electrons. The Kier molecular flexibility index (Phi) is 5.63. The lowest BCUT2D eigenvalue weighted by molar-refractivity contribution is 0.328. The smallest absolute Gasteiger partial charge is 0.188 e. The van der Waals surface area contributed by atoms with Crippen LogP contribution >= 0.6 is 11.6 Å². The average Bonchev–Trinajstić information content (AvgIpc) is 2.26. The number of hydrogen-bond acceptors (Lipinski definition) is 2. The number of nitrogens with two attached hydrogens (primary N) is 1. The lowest BCUT2D eigenvalue weighted by Crippen LogP contribution is -2.37. The van der Waals surface area contributed by atoms with Crippen LogP contribution in [0.5, 0.6) is 5.75 Å². The summed E-state index contributed by atoms with van der Waals surface area (Å²) in [5.41, 5.74) is 5.64. The second-order valence-corrected chi connectivity index (χ2v) is 4.30. The number of rotatable bonds is 5. The highest BCUT2D eigenvalue weighted by atomic mass is 35.5. The fraction of sp³-hybridized carbons (Fsp3) is 0.417. The first kappa shape index (κ1) is 13.6. The zero-order valence-corrected chi connectivity index (χ0v) is 10.9. The van der Waals surface area contributed by atoms with Crippen molar-refractivity contribution >= 4 is 17.6 Å². The molecule has 0 amide bonds. The van der Waals surface area contributed by atoms with E-state index in [4.69, 9.17) is 22.1 Å². The van der Waals surface area contributed by atoms with Crippen molar-refractivity contribution in [2.45, 2.75) is 19.9 Å². The fourth-order valence-corrected chi connectivity index (χ4v) is 1.33. The van der Waals surface area contributed by atoms with Crippen LogP contribution in [0, 0.1) is 0 Å². The normalized spacial score (nSPS) is 11.6. The van der Waals surface area contributed by atoms with Gasteiger partial charge < -0.3 is 15.8 Å². The highest BCUT2D eigenvalue weighted by molar-refractivity contribution is 6.30. The van der Waals surface area contributed by atoms with Crippen molar-refractivity contribution < 1.29 is 4.74 Å². The Labute approximate surface area is 107 Å². The van der Waals surface area contributed by atoms with Crippen LogP contribution in [0.15, 0.2) is 29.3 Å². The number of nitrogens with zero attached hydrogens (tertiary/aromatic N) is 1. The summed E-state index contributed by atoms with van der Waals surface area (Å²) < 4.78 is 5.47. The van der Waals surface area contributed by atoms with Crippen molar-refractivity contribution in [1.29, 1.82) is 0 Å². The quantitative estimate of drug-likeness (QED) is 0.481. The molecule has 0 fully saturated rings. The summed E-state index contributed by atoms with van der Waals surface area (Å²) >= 11 is 5.76. The summed E-state index contributed by atoms with van der Waals surface area (Å²) in [5, 5.41) is 3.70. The maximum absolute atomic E-state index is 5.76. The van der Waals surface area contributed by atoms with E-state index in [0.717, 1.165) is 5.75 Å². The van der Waals surface area contributed by atoms with Crippen LogP contribution in [-0.2, 0) is 0 Å². The molecule has 5 heteroatoms. The lowest BCUT2D eigenvalue weighted by Gasteiger charge is -2.08. The van der Waals surface area contributed by atoms with Gasteiger partial charge >= 0.3 is 0 Å². The molecule has 17 heavy (non-hydrogen) atoms. The highest BCUT2D eigenvalue weighted by Gasteiger charge is 1.95. The Balaban J connectivity index is 2.26. The van der Waals surface area contributed by atoms with Gasteiger partial charge in [-0.1, -0.05) is 11.6 Å². The van der Waals surface area contributed by atoms with Crippen LogP contribution in [0.25, 0.3) is 0 Å². The summed E-state index contributed by atoms with van der Waals surface area (Å²) in [7, 11) is 0. The molecule has 0 spiro atoms. The minimum Gasteiger partial charge on any atom is -0.492 e. The van der Waals surface area contributed by atoms with E-state index in [-0.39, 0.29) is 6.04 Å². The third-order valence-corrected chi connectivity index (χ3v) is 2.14. The molecule has 0 heterocycles. The van der Waals surface area contributed by atoms with Gasteiger partial charge in [0.2, 0.25) is 0 Å². The van der Waals surface area contributed by atoms with Crippen molar-refractivity contribution in [3.63, 3.8) is 0 Å². The van der Waals surface area contributed by atoms with Crippen LogP contribution in [0.3, 0.4) is 0 Å². The lowest BCUT2D eigenvalue weighted by atomic mass is 10.3. The molecule has 0 bridgehead atoms. The molecule has 1 aromatic rings. The maximum atomic E-state index is 5.76. The van der Waals surface area contributed by atoms with E-state index in [2.05, 4.69) is 10.3 Å². The molecule has 4 nitrogen and oxygen atoms in total. The van der Waals surface area contributed by atoms with Crippen LogP contribution < -0.4 is 15.8 Å². The van der Waals surface area contributed by atoms with E-state index >= 15 is 0 Å². The van der Waals surface area contributed by atoms with Crippen molar-refractivity contribution in [2.24, 2.45) is 10.7 Å². The molecule has 0 saturated heterocycles. The van der Waals surface area contributed by atoms with Gasteiger partial charge in [-0.25, -0.2) is 4.99 Å². The van der Waals surface area contributed by atoms with Gasteiger partial charge in [0, 0.05) is 11.1 Å². The van der Waals surface area contributed by atoms with Crippen LogP contribution in [0.4, 0.5) is 0 Å². The number of benzene rings is 1. The molecule has 0 aliphatic rings. The monoisotopic (exact) mass is 255 g/mol. The molecule has 0 aliphatic carbocycles. The Bertz CT molecular complexity index is 363. The topological polar surface area (TPSA) is 59.6 Å². The number of aliphatic imine (C=N–C) groups is 1. The molecule has 1 aromatic carbocycles. The van der Waals surface area contributed by atoms with Crippen molar-refractivity contribution in [3.8, 4) is 5.75 Å². The second-order valence-electron chi connectivity index (χ2n) is 3.87. The molecule has 0 aromatic heterocycles. The van der Waals surface area contributed by atoms with Crippen molar-refractivity contribution in [2.75, 3.05) is 13.2 Å². The predicted octanol–water partition coefficient (Wildman–Crippen LogP) is 2.03. The van der Waals surface area contributed by atoms with E-state index in [1.165, 1.54) is 0 Å². The van der Waals surface area contributed by atoms with Crippen molar-refractivity contribution in [3.05, 3.63) is 29.3 Å². The summed E-state index contributed by atoms with van der Waals surface area (Å²) in [6, 6.07) is 7.50. The minimum atomic E-state index is 0.288. The Morgan fingerprint density at radius 1 is 1.41 bits per heavy atom. The molecule has 94 valence electrons. The molecular weight excluding hydrogens is 238 g/mol. The largest absolute Gasteiger partial charge is 0.492 e. The van der Waals surface area contributed by atoms with Gasteiger partial charge in [0.25, 0.3) is 0 Å². The molecule has 3 N–H and O–H groups in total. The second kappa shape index (κ2) is 7.01. The number of hydrogen-bond donors (Lipinski definition) is 2. The SMILES string of the molecule is CC(C)NC(N)=NCCOc1ccc(Cl)cc1. The molecular formula is C12H18ClN3O. The third kappa shape index (κ3) is 6.02. The van der Waals surface area contributed by atoms with E-state index in [1.54, 1.807) is 12.1 Å². The van der Waals surface area contributed by atoms with Crippen LogP contribution in [0.2, 0.25) is 5.02 Å². The minimum absolute atomic E-state index is 0.288. The molecule has 1 rings (SSSR count). The van der Waals surface area contributed by atoms with Gasteiger partial charge in [-0.15, -0.1) is 0 Å². The number of ether oxygens (including phenoxy) is 1. The van der Waals surface area contributed by atoms with Crippen LogP contribution in [-0.4, -0.2) is 25.2 Å². The van der Waals surface area contributed by atoms with E-state index in [1.807, 2.05) is 26.0 Å². The first-order chi connectivity index (χ1) is 8.08. The van der Waals surface area contributed by atoms with Gasteiger partial charge in [-0.05, 0) is 38.1 Å². The predicted molar refractivity (Wildman–Crippen MR) is 71.7 cm³/mol. The molecule has 0 unspecified atom stereocenters. The number of nitrogens with one attached hydrogen (secondary N) is 1. The van der Waals surface area contributed by atoms with Gasteiger partial charge in [0.15, 0.2) is 5.96 Å². The van der Waals surface area contributed by atoms with Gasteiger partial charge in [0.1, 0.15) is 12.4 Å². The van der Waals surface area contributed by atoms with Gasteiger partial charge in [0.05, 0.1) is 6.54 Å². The zero-order chi connectivity index (χ0) is 12.7. The molecule has 0 aliphatic heterocycles. The Hall–Kier alpha value is -1.42. The third-order valence-electron chi connectivity index (χ3n) is 1.89. The standard InChI is InChI=1S/C12H18ClN3O/c1-9(2)16-12(14)15-7-8-17-11-5-3-10(13)4-6-11/h3-6,9H,7-8H2,1-2H3,(H3,14,15,16). The maximum Gasteiger partial charge on any atom is 0.188 e. The average molecular weight is 256 g/mol. The van der Waals surface area contributed by atoms with E-state index in [9.17, 15) is 0 Å². The zero-order valence-electron chi connectivity index (χ0n) is 10.1. The molecule has 0 saturated carbocycles. The fourth-order valence-electron chi connectivity index (χ4n) is 1.20. The van der Waals surface area contributed by atoms with Crippen LogP contribution in [0.1, 0.15) is 13.8 Å². The number of guanidine groups is 1. The first-order valence-corrected chi connectivity index (χ1v) is 5.90. The first-order valence-electron chi connectivity index (χ1n) is 5.53. The summed E-state index contributed by atoms with van der Waals surface area (Å²) in [5.74, 6) is 1.22. The Morgan fingerprint density at radius 2 is 2.06 bits per heavy atom. The van der Waals surface area contributed by atoms with E-state index < -0.39 is 0 Å². The van der Waals surface area contributed by atoms with E-state index in [0.29, 0.717) is 24.1 Å². The van der Waals surface area contributed by atoms with Gasteiger partial charge in [-0.3, -0.25) is 0 Å². The Morgan fingerprint density at radius 3 is 2.65 bits per heavy atom.